The zero-order valence-electron chi connectivity index (χ0n) is 10.5. The van der Waals surface area contributed by atoms with Gasteiger partial charge in [-0.2, -0.15) is 0 Å². The molecule has 2 aromatic rings. The van der Waals surface area contributed by atoms with Crippen LogP contribution in [-0.4, -0.2) is 20.0 Å². The van der Waals surface area contributed by atoms with E-state index in [1.165, 1.54) is 30.3 Å². The summed E-state index contributed by atoms with van der Waals surface area (Å²) in [6.07, 6.45) is 0. The highest BCUT2D eigenvalue weighted by molar-refractivity contribution is 9.10. The van der Waals surface area contributed by atoms with Crippen molar-refractivity contribution >= 4 is 54.8 Å². The van der Waals surface area contributed by atoms with Crippen LogP contribution in [0.1, 0.15) is 10.4 Å². The second-order valence-corrected chi connectivity index (χ2v) is 8.01. The first-order chi connectivity index (χ1) is 9.79. The van der Waals surface area contributed by atoms with Gasteiger partial charge in [-0.1, -0.05) is 39.1 Å². The Bertz CT molecular complexity index is 786. The fourth-order valence-electron chi connectivity index (χ4n) is 1.69. The summed E-state index contributed by atoms with van der Waals surface area (Å²) >= 11 is 14.9. The van der Waals surface area contributed by atoms with Crippen LogP contribution in [0.2, 0.25) is 10.0 Å². The zero-order valence-corrected chi connectivity index (χ0v) is 14.4. The molecule has 0 aliphatic carbocycles. The normalized spacial score (nSPS) is 11.4. The van der Waals surface area contributed by atoms with Crippen LogP contribution in [0.5, 0.6) is 0 Å². The summed E-state index contributed by atoms with van der Waals surface area (Å²) in [6.45, 7) is 0. The average molecular weight is 408 g/mol. The van der Waals surface area contributed by atoms with Gasteiger partial charge < -0.3 is 0 Å². The van der Waals surface area contributed by atoms with E-state index in [1.807, 2.05) is 0 Å². The number of hydrogen-bond donors (Lipinski definition) is 0. The minimum absolute atomic E-state index is 0.0872. The summed E-state index contributed by atoms with van der Waals surface area (Å²) in [6, 6.07) is 10.4. The van der Waals surface area contributed by atoms with Crippen LogP contribution in [0.3, 0.4) is 0 Å². The monoisotopic (exact) mass is 406 g/mol. The lowest BCUT2D eigenvalue weighted by atomic mass is 10.1. The van der Waals surface area contributed by atoms with E-state index in [-0.39, 0.29) is 15.5 Å². The van der Waals surface area contributed by atoms with Crippen LogP contribution in [0, 0.1) is 0 Å². The van der Waals surface area contributed by atoms with Gasteiger partial charge in [0.1, 0.15) is 5.75 Å². The van der Waals surface area contributed by atoms with Crippen LogP contribution in [-0.2, 0) is 9.84 Å². The quantitative estimate of drug-likeness (QED) is 0.705. The summed E-state index contributed by atoms with van der Waals surface area (Å²) in [5.41, 5.74) is 0.141. The number of ketones is 1. The summed E-state index contributed by atoms with van der Waals surface area (Å²) in [5, 5.41) is 0.519. The molecule has 0 saturated carbocycles. The van der Waals surface area contributed by atoms with Gasteiger partial charge in [0.05, 0.1) is 9.92 Å². The van der Waals surface area contributed by atoms with E-state index >= 15 is 0 Å². The van der Waals surface area contributed by atoms with Crippen molar-refractivity contribution in [3.8, 4) is 0 Å². The van der Waals surface area contributed by atoms with Crippen molar-refractivity contribution in [1.29, 1.82) is 0 Å². The molecule has 7 heteroatoms. The first-order valence-corrected chi connectivity index (χ1v) is 8.96. The van der Waals surface area contributed by atoms with Gasteiger partial charge in [0, 0.05) is 15.1 Å². The Hall–Kier alpha value is -0.880. The largest absolute Gasteiger partial charge is 0.293 e. The van der Waals surface area contributed by atoms with Gasteiger partial charge in [-0.25, -0.2) is 8.42 Å². The smallest absolute Gasteiger partial charge is 0.185 e. The minimum Gasteiger partial charge on any atom is -0.293 e. The Morgan fingerprint density at radius 1 is 1.05 bits per heavy atom. The molecule has 110 valence electrons. The molecule has 0 aliphatic rings. The molecule has 0 radical (unpaired) electrons. The molecule has 0 amide bonds. The second kappa shape index (κ2) is 6.48. The fourth-order valence-corrected chi connectivity index (χ4v) is 3.69. The maximum absolute atomic E-state index is 12.2. The van der Waals surface area contributed by atoms with E-state index < -0.39 is 21.4 Å². The molecular weight excluding hydrogens is 399 g/mol. The maximum Gasteiger partial charge on any atom is 0.185 e. The van der Waals surface area contributed by atoms with Crippen molar-refractivity contribution in [1.82, 2.24) is 0 Å². The number of halogens is 3. The number of carbonyl (C=O) groups is 1. The van der Waals surface area contributed by atoms with Gasteiger partial charge in [-0.05, 0) is 42.5 Å². The Kier molecular flexibility index (Phi) is 5.09. The number of hydrogen-bond acceptors (Lipinski definition) is 3. The average Bonchev–Trinajstić information content (AvgIpc) is 2.38. The van der Waals surface area contributed by atoms with Crippen LogP contribution in [0.25, 0.3) is 0 Å². The second-order valence-electron chi connectivity index (χ2n) is 4.26. The van der Waals surface area contributed by atoms with Crippen molar-refractivity contribution in [3.05, 3.63) is 62.5 Å². The van der Waals surface area contributed by atoms with E-state index in [9.17, 15) is 13.2 Å². The van der Waals surface area contributed by atoms with Gasteiger partial charge in [0.25, 0.3) is 0 Å². The van der Waals surface area contributed by atoms with Crippen molar-refractivity contribution in [2.24, 2.45) is 0 Å². The third-order valence-electron chi connectivity index (χ3n) is 2.73. The van der Waals surface area contributed by atoms with Gasteiger partial charge in [-0.3, -0.25) is 4.79 Å². The highest BCUT2D eigenvalue weighted by Gasteiger charge is 2.22. The number of rotatable bonds is 4. The molecule has 2 aromatic carbocycles. The SMILES string of the molecule is O=C(CS(=O)(=O)c1ccc(Br)cc1)c1ccc(Cl)cc1Cl. The van der Waals surface area contributed by atoms with Crippen molar-refractivity contribution in [3.63, 3.8) is 0 Å². The van der Waals surface area contributed by atoms with Gasteiger partial charge >= 0.3 is 0 Å². The molecule has 21 heavy (non-hydrogen) atoms. The van der Waals surface area contributed by atoms with Gasteiger partial charge in [-0.15, -0.1) is 0 Å². The lowest BCUT2D eigenvalue weighted by molar-refractivity contribution is 0.102. The molecule has 3 nitrogen and oxygen atoms in total. The minimum atomic E-state index is -3.71. The highest BCUT2D eigenvalue weighted by Crippen LogP contribution is 2.23. The van der Waals surface area contributed by atoms with Gasteiger partial charge in [0.2, 0.25) is 0 Å². The van der Waals surface area contributed by atoms with Crippen LogP contribution < -0.4 is 0 Å². The molecule has 0 bridgehead atoms. The summed E-state index contributed by atoms with van der Waals surface area (Å²) in [4.78, 5) is 12.2. The summed E-state index contributed by atoms with van der Waals surface area (Å²) in [7, 11) is -3.71. The predicted molar refractivity (Wildman–Crippen MR) is 87.0 cm³/mol. The van der Waals surface area contributed by atoms with Gasteiger partial charge in [0.15, 0.2) is 15.6 Å². The lowest BCUT2D eigenvalue weighted by Crippen LogP contribution is -2.16. The van der Waals surface area contributed by atoms with E-state index in [0.29, 0.717) is 5.02 Å². The molecule has 2 rings (SSSR count). The Morgan fingerprint density at radius 3 is 2.24 bits per heavy atom. The predicted octanol–water partition coefficient (Wildman–Crippen LogP) is 4.41. The highest BCUT2D eigenvalue weighted by atomic mass is 79.9. The van der Waals surface area contributed by atoms with Crippen molar-refractivity contribution < 1.29 is 13.2 Å². The van der Waals surface area contributed by atoms with E-state index in [1.54, 1.807) is 12.1 Å². The number of benzene rings is 2. The first-order valence-electron chi connectivity index (χ1n) is 5.76. The molecule has 0 spiro atoms. The van der Waals surface area contributed by atoms with Crippen molar-refractivity contribution in [2.75, 3.05) is 5.75 Å². The van der Waals surface area contributed by atoms with E-state index in [0.717, 1.165) is 4.47 Å². The molecule has 0 aromatic heterocycles. The fraction of sp³-hybridized carbons (Fsp3) is 0.0714. The molecule has 0 unspecified atom stereocenters. The molecule has 0 atom stereocenters. The summed E-state index contributed by atoms with van der Waals surface area (Å²) < 4.78 is 25.2. The van der Waals surface area contributed by atoms with Crippen LogP contribution >= 0.6 is 39.1 Å². The molecule has 0 N–H and O–H groups in total. The number of carbonyl (C=O) groups excluding carboxylic acids is 1. The van der Waals surface area contributed by atoms with Crippen molar-refractivity contribution in [2.45, 2.75) is 4.90 Å². The van der Waals surface area contributed by atoms with E-state index in [4.69, 9.17) is 23.2 Å². The molecule has 0 saturated heterocycles. The molecular formula is C14H9BrCl2O3S. The third-order valence-corrected chi connectivity index (χ3v) is 5.43. The standard InChI is InChI=1S/C14H9BrCl2O3S/c15-9-1-4-11(5-2-9)21(19,20)8-14(18)12-6-3-10(16)7-13(12)17/h1-7H,8H2. The zero-order chi connectivity index (χ0) is 15.6. The molecule has 0 aliphatic heterocycles. The Morgan fingerprint density at radius 2 is 1.67 bits per heavy atom. The lowest BCUT2D eigenvalue weighted by Gasteiger charge is -2.06. The van der Waals surface area contributed by atoms with Crippen LogP contribution in [0.4, 0.5) is 0 Å². The topological polar surface area (TPSA) is 51.2 Å². The number of sulfone groups is 1. The summed E-state index contributed by atoms with van der Waals surface area (Å²) in [5.74, 6) is -1.21. The maximum atomic E-state index is 12.2. The third kappa shape index (κ3) is 4.07. The Labute approximate surface area is 140 Å². The molecule has 0 fully saturated rings. The number of Topliss-reactive ketones (excluding diaryl/α,β-unsaturated/α-hetero) is 1. The molecule has 0 heterocycles. The van der Waals surface area contributed by atoms with Crippen LogP contribution in [0.15, 0.2) is 51.8 Å². The van der Waals surface area contributed by atoms with E-state index in [2.05, 4.69) is 15.9 Å². The first kappa shape index (κ1) is 16.5. The Balaban J connectivity index is 2.28.